The van der Waals surface area contributed by atoms with Gasteiger partial charge in [-0.1, -0.05) is 18.2 Å². The van der Waals surface area contributed by atoms with Gasteiger partial charge in [-0.2, -0.15) is 4.98 Å². The molecule has 0 spiro atoms. The van der Waals surface area contributed by atoms with E-state index in [-0.39, 0.29) is 12.8 Å². The molecule has 2 heterocycles. The lowest BCUT2D eigenvalue weighted by molar-refractivity contribution is -0.137. The fourth-order valence-electron chi connectivity index (χ4n) is 1.90. The van der Waals surface area contributed by atoms with Gasteiger partial charge in [0, 0.05) is 19.5 Å². The molecule has 0 aromatic carbocycles. The van der Waals surface area contributed by atoms with E-state index in [1.54, 1.807) is 0 Å². The number of likely N-dealkylation sites (N-methyl/N-ethyl adjacent to an activating group) is 1. The van der Waals surface area contributed by atoms with Crippen LogP contribution in [0.3, 0.4) is 0 Å². The molecule has 0 bridgehead atoms. The summed E-state index contributed by atoms with van der Waals surface area (Å²) in [5, 5.41) is 12.5. The van der Waals surface area contributed by atoms with E-state index in [0.29, 0.717) is 11.7 Å². The topological polar surface area (TPSA) is 79.5 Å². The second kappa shape index (κ2) is 5.77. The fraction of sp³-hybridized carbons (Fsp3) is 0.583. The minimum absolute atomic E-state index is 0.0181. The number of aromatic nitrogens is 2. The minimum atomic E-state index is -0.856. The van der Waals surface area contributed by atoms with Gasteiger partial charge in [0.1, 0.15) is 0 Å². The molecule has 18 heavy (non-hydrogen) atoms. The third-order valence-corrected chi connectivity index (χ3v) is 3.05. The summed E-state index contributed by atoms with van der Waals surface area (Å²) >= 11 is 0. The molecule has 6 nitrogen and oxygen atoms in total. The zero-order valence-electron chi connectivity index (χ0n) is 10.4. The van der Waals surface area contributed by atoms with Crippen molar-refractivity contribution in [2.45, 2.75) is 26.2 Å². The number of carboxylic acids is 1. The van der Waals surface area contributed by atoms with Gasteiger partial charge in [0.15, 0.2) is 5.82 Å². The molecule has 1 N–H and O–H groups in total. The van der Waals surface area contributed by atoms with Crippen LogP contribution in [0.1, 0.15) is 31.5 Å². The van der Waals surface area contributed by atoms with E-state index in [4.69, 9.17) is 9.63 Å². The van der Waals surface area contributed by atoms with E-state index in [0.717, 1.165) is 31.6 Å². The lowest BCUT2D eigenvalue weighted by Gasteiger charge is -2.23. The molecule has 1 aliphatic heterocycles. The maximum atomic E-state index is 10.4. The Labute approximate surface area is 105 Å². The van der Waals surface area contributed by atoms with Crippen LogP contribution in [0.15, 0.2) is 10.6 Å². The lowest BCUT2D eigenvalue weighted by atomic mass is 10.1. The monoisotopic (exact) mass is 251 g/mol. The van der Waals surface area contributed by atoms with Gasteiger partial charge >= 0.3 is 5.97 Å². The van der Waals surface area contributed by atoms with Crippen LogP contribution in [0, 0.1) is 0 Å². The first-order chi connectivity index (χ1) is 8.69. The molecule has 0 amide bonds. The van der Waals surface area contributed by atoms with Gasteiger partial charge in [-0.15, -0.1) is 0 Å². The molecule has 1 aliphatic rings. The molecular weight excluding hydrogens is 234 g/mol. The molecular formula is C12H17N3O3. The van der Waals surface area contributed by atoms with Crippen molar-refractivity contribution >= 4 is 11.5 Å². The van der Waals surface area contributed by atoms with Crippen molar-refractivity contribution in [1.82, 2.24) is 15.0 Å². The second-order valence-corrected chi connectivity index (χ2v) is 4.28. The van der Waals surface area contributed by atoms with Gasteiger partial charge in [0.2, 0.25) is 5.89 Å². The lowest BCUT2D eigenvalue weighted by Crippen LogP contribution is -2.28. The predicted molar refractivity (Wildman–Crippen MR) is 65.0 cm³/mol. The Hall–Kier alpha value is -1.69. The van der Waals surface area contributed by atoms with E-state index in [1.165, 1.54) is 0 Å². The maximum absolute atomic E-state index is 10.4. The molecule has 0 unspecified atom stereocenters. The van der Waals surface area contributed by atoms with E-state index in [9.17, 15) is 4.79 Å². The highest BCUT2D eigenvalue weighted by Gasteiger charge is 2.16. The summed E-state index contributed by atoms with van der Waals surface area (Å²) in [6, 6.07) is 0. The van der Waals surface area contributed by atoms with E-state index in [2.05, 4.69) is 28.0 Å². The Bertz CT molecular complexity index is 453. The van der Waals surface area contributed by atoms with Crippen molar-refractivity contribution in [2.75, 3.05) is 19.6 Å². The van der Waals surface area contributed by atoms with Crippen molar-refractivity contribution in [2.24, 2.45) is 0 Å². The molecule has 1 aromatic rings. The Kier molecular flexibility index (Phi) is 4.09. The Balaban J connectivity index is 1.98. The van der Waals surface area contributed by atoms with Crippen LogP contribution in [0.5, 0.6) is 0 Å². The highest BCUT2D eigenvalue weighted by Crippen LogP contribution is 2.19. The number of carbonyl (C=O) groups is 1. The molecule has 0 atom stereocenters. The standard InChI is InChI=1S/C12H17N3O3/c1-2-15-7-5-9(6-8-15)12-13-10(18-14-12)3-4-11(16)17/h5H,2-4,6-8H2,1H3,(H,16,17). The third-order valence-electron chi connectivity index (χ3n) is 3.05. The number of aryl methyl sites for hydroxylation is 1. The number of hydrogen-bond acceptors (Lipinski definition) is 5. The number of nitrogens with zero attached hydrogens (tertiary/aromatic N) is 3. The molecule has 98 valence electrons. The third kappa shape index (κ3) is 3.16. The van der Waals surface area contributed by atoms with Gasteiger partial charge in [0.25, 0.3) is 0 Å². The highest BCUT2D eigenvalue weighted by atomic mass is 16.5. The van der Waals surface area contributed by atoms with Crippen LogP contribution >= 0.6 is 0 Å². The summed E-state index contributed by atoms with van der Waals surface area (Å²) in [4.78, 5) is 17.0. The van der Waals surface area contributed by atoms with Crippen LogP contribution < -0.4 is 0 Å². The normalized spacial score (nSPS) is 16.6. The minimum Gasteiger partial charge on any atom is -0.481 e. The molecule has 1 aromatic heterocycles. The second-order valence-electron chi connectivity index (χ2n) is 4.28. The summed E-state index contributed by atoms with van der Waals surface area (Å²) in [6.07, 6.45) is 3.32. The Morgan fingerprint density at radius 3 is 3.06 bits per heavy atom. The van der Waals surface area contributed by atoms with Crippen LogP contribution in [0.2, 0.25) is 0 Å². The first-order valence-corrected chi connectivity index (χ1v) is 6.15. The van der Waals surface area contributed by atoms with Gasteiger partial charge in [-0.25, -0.2) is 0 Å². The average Bonchev–Trinajstić information content (AvgIpc) is 2.85. The smallest absolute Gasteiger partial charge is 0.303 e. The summed E-state index contributed by atoms with van der Waals surface area (Å²) in [5.41, 5.74) is 1.09. The molecule has 0 radical (unpaired) electrons. The van der Waals surface area contributed by atoms with Crippen LogP contribution in [-0.2, 0) is 11.2 Å². The molecule has 6 heteroatoms. The molecule has 0 fully saturated rings. The first-order valence-electron chi connectivity index (χ1n) is 6.15. The zero-order chi connectivity index (χ0) is 13.0. The molecule has 0 saturated heterocycles. The molecule has 0 saturated carbocycles. The number of hydrogen-bond donors (Lipinski definition) is 1. The van der Waals surface area contributed by atoms with Crippen LogP contribution in [0.25, 0.3) is 5.57 Å². The summed E-state index contributed by atoms with van der Waals surface area (Å²) < 4.78 is 5.04. The van der Waals surface area contributed by atoms with Crippen molar-refractivity contribution in [1.29, 1.82) is 0 Å². The van der Waals surface area contributed by atoms with Crippen molar-refractivity contribution in [3.8, 4) is 0 Å². The largest absolute Gasteiger partial charge is 0.481 e. The van der Waals surface area contributed by atoms with E-state index < -0.39 is 5.97 Å². The predicted octanol–water partition coefficient (Wildman–Crippen LogP) is 1.20. The quantitative estimate of drug-likeness (QED) is 0.847. The Morgan fingerprint density at radius 2 is 2.44 bits per heavy atom. The fourth-order valence-corrected chi connectivity index (χ4v) is 1.90. The number of rotatable bonds is 5. The van der Waals surface area contributed by atoms with Gasteiger partial charge < -0.3 is 9.63 Å². The maximum Gasteiger partial charge on any atom is 0.303 e. The first kappa shape index (κ1) is 12.8. The number of carboxylic acid groups (broad SMARTS) is 1. The van der Waals surface area contributed by atoms with Crippen LogP contribution in [-0.4, -0.2) is 45.8 Å². The van der Waals surface area contributed by atoms with Gasteiger partial charge in [-0.05, 0) is 18.5 Å². The summed E-state index contributed by atoms with van der Waals surface area (Å²) in [7, 11) is 0. The van der Waals surface area contributed by atoms with Crippen molar-refractivity contribution in [3.05, 3.63) is 17.8 Å². The van der Waals surface area contributed by atoms with Crippen molar-refractivity contribution < 1.29 is 14.4 Å². The highest BCUT2D eigenvalue weighted by molar-refractivity contribution is 5.66. The van der Waals surface area contributed by atoms with Gasteiger partial charge in [-0.3, -0.25) is 9.69 Å². The summed E-state index contributed by atoms with van der Waals surface area (Å²) in [6.45, 7) is 5.09. The van der Waals surface area contributed by atoms with Gasteiger partial charge in [0.05, 0.1) is 6.42 Å². The molecule has 2 rings (SSSR count). The number of aliphatic carboxylic acids is 1. The van der Waals surface area contributed by atoms with Crippen LogP contribution in [0.4, 0.5) is 0 Å². The van der Waals surface area contributed by atoms with E-state index >= 15 is 0 Å². The molecule has 0 aliphatic carbocycles. The zero-order valence-corrected chi connectivity index (χ0v) is 10.4. The van der Waals surface area contributed by atoms with Crippen molar-refractivity contribution in [3.63, 3.8) is 0 Å². The SMILES string of the molecule is CCN1CC=C(c2noc(CCC(=O)O)n2)CC1. The average molecular weight is 251 g/mol. The van der Waals surface area contributed by atoms with E-state index in [1.807, 2.05) is 0 Å². The Morgan fingerprint density at radius 1 is 1.61 bits per heavy atom. The summed E-state index contributed by atoms with van der Waals surface area (Å²) in [5.74, 6) is 0.141.